The van der Waals surface area contributed by atoms with E-state index in [1.807, 2.05) is 18.2 Å². The molecule has 2 saturated heterocycles. The minimum atomic E-state index is -3.61. The number of nitrogens with zero attached hydrogens (tertiary/aromatic N) is 2. The third-order valence-electron chi connectivity index (χ3n) is 5.87. The van der Waals surface area contributed by atoms with Crippen molar-refractivity contribution in [2.24, 2.45) is 0 Å². The van der Waals surface area contributed by atoms with Gasteiger partial charge >= 0.3 is 0 Å². The van der Waals surface area contributed by atoms with E-state index in [4.69, 9.17) is 4.42 Å². The summed E-state index contributed by atoms with van der Waals surface area (Å²) >= 11 is 0. The highest BCUT2D eigenvalue weighted by atomic mass is 32.2. The molecular weight excluding hydrogens is 402 g/mol. The Hall–Kier alpha value is -2.16. The Labute approximate surface area is 178 Å². The van der Waals surface area contributed by atoms with E-state index >= 15 is 0 Å². The van der Waals surface area contributed by atoms with Crippen LogP contribution in [0, 0.1) is 6.92 Å². The van der Waals surface area contributed by atoms with E-state index in [0.29, 0.717) is 13.1 Å². The van der Waals surface area contributed by atoms with Gasteiger partial charge in [0.15, 0.2) is 5.76 Å². The molecule has 0 saturated carbocycles. The van der Waals surface area contributed by atoms with Gasteiger partial charge in [0.1, 0.15) is 10.7 Å². The molecule has 1 amide bonds. The van der Waals surface area contributed by atoms with Gasteiger partial charge in [-0.1, -0.05) is 30.3 Å². The zero-order valence-electron chi connectivity index (χ0n) is 17.3. The number of carbonyl (C=O) groups is 1. The maximum absolute atomic E-state index is 12.8. The maximum atomic E-state index is 12.8. The predicted molar refractivity (Wildman–Crippen MR) is 114 cm³/mol. The second kappa shape index (κ2) is 8.91. The van der Waals surface area contributed by atoms with Gasteiger partial charge < -0.3 is 9.73 Å². The number of rotatable bonds is 6. The molecule has 7 nitrogen and oxygen atoms in total. The minimum Gasteiger partial charge on any atom is -0.455 e. The standard InChI is InChI=1S/C22H29N3O4S/c1-17-21(30(27,28)25-12-5-6-13-25)14-20(29-17)22(26)23-19-10-7-11-24(16-19)15-18-8-3-2-4-9-18/h2-4,8-9,14,19H,5-7,10-13,15-16H2,1H3,(H,23,26). The first-order valence-electron chi connectivity index (χ1n) is 10.6. The summed E-state index contributed by atoms with van der Waals surface area (Å²) in [5.74, 6) is -0.0283. The highest BCUT2D eigenvalue weighted by molar-refractivity contribution is 7.89. The molecule has 1 atom stereocenters. The number of carbonyl (C=O) groups excluding carboxylic acids is 1. The fraction of sp³-hybridized carbons (Fsp3) is 0.500. The van der Waals surface area contributed by atoms with Gasteiger partial charge in [-0.25, -0.2) is 8.42 Å². The van der Waals surface area contributed by atoms with Crippen LogP contribution in [-0.4, -0.2) is 55.8 Å². The smallest absolute Gasteiger partial charge is 0.287 e. The summed E-state index contributed by atoms with van der Waals surface area (Å²) in [6.45, 7) is 5.26. The summed E-state index contributed by atoms with van der Waals surface area (Å²) in [6.07, 6.45) is 3.63. The van der Waals surface area contributed by atoms with Crippen molar-refractivity contribution < 1.29 is 17.6 Å². The number of hydrogen-bond donors (Lipinski definition) is 1. The Bertz CT molecular complexity index is 981. The lowest BCUT2D eigenvalue weighted by atomic mass is 10.0. The van der Waals surface area contributed by atoms with E-state index in [-0.39, 0.29) is 28.4 Å². The molecule has 1 aromatic carbocycles. The van der Waals surface area contributed by atoms with Crippen molar-refractivity contribution in [1.82, 2.24) is 14.5 Å². The fourth-order valence-corrected chi connectivity index (χ4v) is 5.99. The number of aryl methyl sites for hydroxylation is 1. The van der Waals surface area contributed by atoms with E-state index in [1.165, 1.54) is 15.9 Å². The first kappa shape index (κ1) is 21.1. The SMILES string of the molecule is Cc1oc(C(=O)NC2CCCN(Cc3ccccc3)C2)cc1S(=O)(=O)N1CCCC1. The summed E-state index contributed by atoms with van der Waals surface area (Å²) in [5, 5.41) is 3.03. The highest BCUT2D eigenvalue weighted by Crippen LogP contribution is 2.26. The Morgan fingerprint density at radius 1 is 1.13 bits per heavy atom. The number of amides is 1. The van der Waals surface area contributed by atoms with Crippen LogP contribution in [0.3, 0.4) is 0 Å². The summed E-state index contributed by atoms with van der Waals surface area (Å²) in [5.41, 5.74) is 1.25. The van der Waals surface area contributed by atoms with Gasteiger partial charge in [0.05, 0.1) is 0 Å². The second-order valence-corrected chi connectivity index (χ2v) is 10.1. The Balaban J connectivity index is 1.40. The highest BCUT2D eigenvalue weighted by Gasteiger charge is 2.32. The van der Waals surface area contributed by atoms with E-state index in [2.05, 4.69) is 22.3 Å². The number of hydrogen-bond acceptors (Lipinski definition) is 5. The van der Waals surface area contributed by atoms with Gasteiger partial charge in [0.25, 0.3) is 5.91 Å². The first-order chi connectivity index (χ1) is 14.4. The van der Waals surface area contributed by atoms with Crippen LogP contribution in [0.15, 0.2) is 45.7 Å². The van der Waals surface area contributed by atoms with E-state index in [1.54, 1.807) is 6.92 Å². The first-order valence-corrected chi connectivity index (χ1v) is 12.1. The average molecular weight is 432 g/mol. The molecule has 1 aromatic heterocycles. The van der Waals surface area contributed by atoms with Gasteiger partial charge in [-0.3, -0.25) is 9.69 Å². The third kappa shape index (κ3) is 4.61. The summed E-state index contributed by atoms with van der Waals surface area (Å²) in [6, 6.07) is 11.7. The third-order valence-corrected chi connectivity index (χ3v) is 7.87. The molecule has 0 bridgehead atoms. The van der Waals surface area contributed by atoms with Crippen LogP contribution in [0.5, 0.6) is 0 Å². The van der Waals surface area contributed by atoms with E-state index in [0.717, 1.165) is 45.3 Å². The van der Waals surface area contributed by atoms with Crippen LogP contribution in [0.25, 0.3) is 0 Å². The topological polar surface area (TPSA) is 82.9 Å². The number of likely N-dealkylation sites (tertiary alicyclic amines) is 1. The second-order valence-electron chi connectivity index (χ2n) is 8.18. The van der Waals surface area contributed by atoms with Gasteiger partial charge in [-0.15, -0.1) is 0 Å². The van der Waals surface area contributed by atoms with Gasteiger partial charge in [-0.2, -0.15) is 4.31 Å². The number of sulfonamides is 1. The molecule has 2 fully saturated rings. The van der Waals surface area contributed by atoms with Crippen molar-refractivity contribution in [2.75, 3.05) is 26.2 Å². The molecule has 2 aliphatic heterocycles. The molecule has 8 heteroatoms. The zero-order valence-corrected chi connectivity index (χ0v) is 18.2. The molecule has 2 aliphatic rings. The predicted octanol–water partition coefficient (Wildman–Crippen LogP) is 2.77. The van der Waals surface area contributed by atoms with Gasteiger partial charge in [0.2, 0.25) is 10.0 Å². The van der Waals surface area contributed by atoms with Crippen molar-refractivity contribution >= 4 is 15.9 Å². The molecule has 1 unspecified atom stereocenters. The lowest BCUT2D eigenvalue weighted by Crippen LogP contribution is -2.47. The fourth-order valence-electron chi connectivity index (χ4n) is 4.32. The van der Waals surface area contributed by atoms with Crippen molar-refractivity contribution in [2.45, 2.75) is 50.1 Å². The van der Waals surface area contributed by atoms with Crippen LogP contribution in [0.4, 0.5) is 0 Å². The van der Waals surface area contributed by atoms with Crippen molar-refractivity contribution in [3.63, 3.8) is 0 Å². The molecule has 4 rings (SSSR count). The largest absolute Gasteiger partial charge is 0.455 e. The van der Waals surface area contributed by atoms with E-state index < -0.39 is 10.0 Å². The number of benzene rings is 1. The molecule has 1 N–H and O–H groups in total. The molecule has 2 aromatic rings. The summed E-state index contributed by atoms with van der Waals surface area (Å²) in [7, 11) is -3.61. The Morgan fingerprint density at radius 2 is 1.87 bits per heavy atom. The molecule has 0 aliphatic carbocycles. The molecule has 0 spiro atoms. The van der Waals surface area contributed by atoms with Crippen LogP contribution < -0.4 is 5.32 Å². The quantitative estimate of drug-likeness (QED) is 0.761. The van der Waals surface area contributed by atoms with Crippen molar-refractivity contribution in [3.8, 4) is 0 Å². The zero-order chi connectivity index (χ0) is 21.1. The van der Waals surface area contributed by atoms with Crippen LogP contribution in [0.2, 0.25) is 0 Å². The Morgan fingerprint density at radius 3 is 2.60 bits per heavy atom. The van der Waals surface area contributed by atoms with Crippen molar-refractivity contribution in [1.29, 1.82) is 0 Å². The van der Waals surface area contributed by atoms with E-state index in [9.17, 15) is 13.2 Å². The molecular formula is C22H29N3O4S. The lowest BCUT2D eigenvalue weighted by molar-refractivity contribution is 0.0871. The lowest BCUT2D eigenvalue weighted by Gasteiger charge is -2.33. The molecule has 3 heterocycles. The van der Waals surface area contributed by atoms with Gasteiger partial charge in [-0.05, 0) is 44.7 Å². The minimum absolute atomic E-state index is 0.0130. The molecule has 162 valence electrons. The number of nitrogens with one attached hydrogen (secondary N) is 1. The van der Waals surface area contributed by atoms with Crippen LogP contribution >= 0.6 is 0 Å². The van der Waals surface area contributed by atoms with Crippen LogP contribution in [-0.2, 0) is 16.6 Å². The van der Waals surface area contributed by atoms with Crippen LogP contribution in [0.1, 0.15) is 47.6 Å². The maximum Gasteiger partial charge on any atom is 0.287 e. The van der Waals surface area contributed by atoms with Crippen molar-refractivity contribution in [3.05, 3.63) is 53.5 Å². The summed E-state index contributed by atoms with van der Waals surface area (Å²) in [4.78, 5) is 15.2. The number of furan rings is 1. The molecule has 30 heavy (non-hydrogen) atoms. The van der Waals surface area contributed by atoms with Gasteiger partial charge in [0, 0.05) is 38.3 Å². The Kier molecular flexibility index (Phi) is 6.26. The number of piperidine rings is 1. The average Bonchev–Trinajstić information content (AvgIpc) is 3.40. The normalized spacial score (nSPS) is 21.0. The monoisotopic (exact) mass is 431 g/mol. The molecule has 0 radical (unpaired) electrons. The summed E-state index contributed by atoms with van der Waals surface area (Å²) < 4.78 is 32.7.